The standard InChI is InChI=1S/C11H11N2O5/c1-12-7-2-8-17-11(14)18-10-5-3-9(4-6-10)13(15)16/h1,3-6H,2,7-8H2/q+1. The van der Waals surface area contributed by atoms with E-state index >= 15 is 0 Å². The summed E-state index contributed by atoms with van der Waals surface area (Å²) in [5.74, 6) is 0.175. The monoisotopic (exact) mass is 251 g/mol. The normalized spacial score (nSPS) is 9.28. The van der Waals surface area contributed by atoms with Crippen molar-refractivity contribution in [2.24, 2.45) is 0 Å². The average Bonchev–Trinajstić information content (AvgIpc) is 2.35. The number of nitro groups is 1. The van der Waals surface area contributed by atoms with Gasteiger partial charge in [0, 0.05) is 12.1 Å². The van der Waals surface area contributed by atoms with Gasteiger partial charge in [-0.15, -0.1) is 0 Å². The van der Waals surface area contributed by atoms with Crippen LogP contribution in [0.15, 0.2) is 24.3 Å². The molecule has 0 aliphatic rings. The maximum absolute atomic E-state index is 11.2. The third-order valence-electron chi connectivity index (χ3n) is 1.90. The van der Waals surface area contributed by atoms with Crippen LogP contribution in [-0.4, -0.2) is 24.2 Å². The Bertz CT molecular complexity index is 463. The number of carbonyl (C=O) groups is 1. The second-order valence-electron chi connectivity index (χ2n) is 3.21. The Labute approximate surface area is 103 Å². The number of carbonyl (C=O) groups excluding carboxylic acids is 1. The average molecular weight is 251 g/mol. The predicted octanol–water partition coefficient (Wildman–Crippen LogP) is 2.46. The van der Waals surface area contributed by atoms with E-state index < -0.39 is 11.1 Å². The highest BCUT2D eigenvalue weighted by Crippen LogP contribution is 2.17. The number of non-ortho nitro benzene ring substituents is 1. The molecule has 1 rings (SSSR count). The van der Waals surface area contributed by atoms with E-state index in [1.807, 2.05) is 0 Å². The smallest absolute Gasteiger partial charge is 0.434 e. The molecular formula is C11H11N2O5+. The van der Waals surface area contributed by atoms with Crippen LogP contribution in [0.25, 0.3) is 4.85 Å². The molecule has 0 amide bonds. The fourth-order valence-corrected chi connectivity index (χ4v) is 1.07. The molecule has 0 aliphatic carbocycles. The van der Waals surface area contributed by atoms with Gasteiger partial charge in [-0.2, -0.15) is 0 Å². The maximum atomic E-state index is 11.2. The van der Waals surface area contributed by atoms with E-state index in [0.29, 0.717) is 13.0 Å². The molecule has 0 N–H and O–H groups in total. The zero-order valence-electron chi connectivity index (χ0n) is 9.44. The van der Waals surface area contributed by atoms with Gasteiger partial charge in [-0.05, 0) is 12.1 Å². The first kappa shape index (κ1) is 13.4. The molecule has 0 aromatic heterocycles. The van der Waals surface area contributed by atoms with Crippen LogP contribution >= 0.6 is 0 Å². The van der Waals surface area contributed by atoms with Crippen LogP contribution in [0.4, 0.5) is 10.5 Å². The summed E-state index contributed by atoms with van der Waals surface area (Å²) in [6.07, 6.45) is -0.368. The molecule has 0 saturated carbocycles. The fourth-order valence-electron chi connectivity index (χ4n) is 1.07. The van der Waals surface area contributed by atoms with Crippen LogP contribution in [0.2, 0.25) is 0 Å². The van der Waals surface area contributed by atoms with Crippen molar-refractivity contribution < 1.29 is 19.2 Å². The number of benzene rings is 1. The first-order valence-corrected chi connectivity index (χ1v) is 5.09. The highest BCUT2D eigenvalue weighted by molar-refractivity contribution is 5.63. The second kappa shape index (κ2) is 6.85. The van der Waals surface area contributed by atoms with Crippen molar-refractivity contribution in [3.05, 3.63) is 39.2 Å². The van der Waals surface area contributed by atoms with E-state index in [2.05, 4.69) is 4.85 Å². The lowest BCUT2D eigenvalue weighted by atomic mass is 10.3. The van der Waals surface area contributed by atoms with E-state index in [-0.39, 0.29) is 18.0 Å². The Morgan fingerprint density at radius 3 is 2.61 bits per heavy atom. The summed E-state index contributed by atoms with van der Waals surface area (Å²) in [6, 6.07) is 5.09. The van der Waals surface area contributed by atoms with Crippen LogP contribution in [0, 0.1) is 16.7 Å². The first-order valence-electron chi connectivity index (χ1n) is 5.09. The Kier molecular flexibility index (Phi) is 5.12. The van der Waals surface area contributed by atoms with Crippen molar-refractivity contribution >= 4 is 11.8 Å². The maximum Gasteiger partial charge on any atom is 0.513 e. The molecule has 18 heavy (non-hydrogen) atoms. The molecule has 0 unspecified atom stereocenters. The highest BCUT2D eigenvalue weighted by Gasteiger charge is 2.09. The highest BCUT2D eigenvalue weighted by atomic mass is 16.7. The summed E-state index contributed by atoms with van der Waals surface area (Å²) in [5.41, 5.74) is -0.0831. The van der Waals surface area contributed by atoms with Gasteiger partial charge >= 0.3 is 6.16 Å². The molecule has 1 aromatic carbocycles. The predicted molar refractivity (Wildman–Crippen MR) is 62.9 cm³/mol. The minimum Gasteiger partial charge on any atom is -0.434 e. The lowest BCUT2D eigenvalue weighted by Gasteiger charge is -2.03. The molecule has 0 heterocycles. The van der Waals surface area contributed by atoms with E-state index in [1.165, 1.54) is 24.3 Å². The number of rotatable bonds is 5. The molecule has 94 valence electrons. The molecule has 1 aromatic rings. The summed E-state index contributed by atoms with van der Waals surface area (Å²) in [4.78, 5) is 24.3. The SMILES string of the molecule is C#[N+]CCCOC(=O)Oc1ccc([N+](=O)[O-])cc1. The topological polar surface area (TPSA) is 83.0 Å². The van der Waals surface area contributed by atoms with Crippen LogP contribution < -0.4 is 4.74 Å². The molecule has 7 heteroatoms. The van der Waals surface area contributed by atoms with Crippen molar-refractivity contribution in [2.75, 3.05) is 13.2 Å². The number of hydrogen-bond donors (Lipinski definition) is 0. The summed E-state index contributed by atoms with van der Waals surface area (Å²) in [7, 11) is 0. The fraction of sp³-hybridized carbons (Fsp3) is 0.273. The van der Waals surface area contributed by atoms with Crippen LogP contribution in [-0.2, 0) is 4.74 Å². The van der Waals surface area contributed by atoms with Gasteiger partial charge in [-0.3, -0.25) is 10.1 Å². The van der Waals surface area contributed by atoms with E-state index in [0.717, 1.165) is 0 Å². The number of ether oxygens (including phenoxy) is 2. The van der Waals surface area contributed by atoms with Gasteiger partial charge in [0.2, 0.25) is 0 Å². The Hall–Kier alpha value is -2.62. The zero-order chi connectivity index (χ0) is 13.4. The zero-order valence-corrected chi connectivity index (χ0v) is 9.44. The largest absolute Gasteiger partial charge is 0.513 e. The molecule has 0 saturated heterocycles. The molecule has 0 bridgehead atoms. The van der Waals surface area contributed by atoms with Gasteiger partial charge in [0.1, 0.15) is 12.4 Å². The van der Waals surface area contributed by atoms with Crippen molar-refractivity contribution in [3.8, 4) is 12.3 Å². The summed E-state index contributed by atoms with van der Waals surface area (Å²) in [5, 5.41) is 10.4. The molecule has 0 aliphatic heterocycles. The Morgan fingerprint density at radius 2 is 2.06 bits per heavy atom. The molecule has 0 spiro atoms. The number of nitro benzene ring substituents is 1. The van der Waals surface area contributed by atoms with Gasteiger partial charge in [0.15, 0.2) is 0 Å². The van der Waals surface area contributed by atoms with Crippen molar-refractivity contribution in [2.45, 2.75) is 6.42 Å². The van der Waals surface area contributed by atoms with Crippen LogP contribution in [0.3, 0.4) is 0 Å². The Morgan fingerprint density at radius 1 is 1.39 bits per heavy atom. The molecule has 0 radical (unpaired) electrons. The lowest BCUT2D eigenvalue weighted by molar-refractivity contribution is -0.384. The van der Waals surface area contributed by atoms with Crippen molar-refractivity contribution in [3.63, 3.8) is 0 Å². The first-order chi connectivity index (χ1) is 8.63. The van der Waals surface area contributed by atoms with Gasteiger partial charge in [0.05, 0.1) is 11.3 Å². The molecule has 7 nitrogen and oxygen atoms in total. The molecule has 0 atom stereocenters. The van der Waals surface area contributed by atoms with Gasteiger partial charge < -0.3 is 9.47 Å². The summed E-state index contributed by atoms with van der Waals surface area (Å²) in [6.45, 7) is 5.44. The summed E-state index contributed by atoms with van der Waals surface area (Å²) >= 11 is 0. The molecule has 0 fully saturated rings. The van der Waals surface area contributed by atoms with E-state index in [1.54, 1.807) is 0 Å². The minimum absolute atomic E-state index is 0.0831. The van der Waals surface area contributed by atoms with Crippen LogP contribution in [0.1, 0.15) is 6.42 Å². The number of nitrogens with zero attached hydrogens (tertiary/aromatic N) is 2. The van der Waals surface area contributed by atoms with Crippen molar-refractivity contribution in [1.82, 2.24) is 0 Å². The second-order valence-corrected chi connectivity index (χ2v) is 3.21. The lowest BCUT2D eigenvalue weighted by Crippen LogP contribution is -2.11. The molecular weight excluding hydrogens is 240 g/mol. The van der Waals surface area contributed by atoms with Gasteiger partial charge in [-0.1, -0.05) is 4.85 Å². The van der Waals surface area contributed by atoms with Crippen molar-refractivity contribution in [1.29, 1.82) is 0 Å². The van der Waals surface area contributed by atoms with Gasteiger partial charge in [0.25, 0.3) is 18.8 Å². The minimum atomic E-state index is -0.874. The van der Waals surface area contributed by atoms with E-state index in [9.17, 15) is 14.9 Å². The van der Waals surface area contributed by atoms with E-state index in [4.69, 9.17) is 16.0 Å². The Balaban J connectivity index is 2.40. The third kappa shape index (κ3) is 4.49. The quantitative estimate of drug-likeness (QED) is 0.264. The number of hydrogen-bond acceptors (Lipinski definition) is 5. The van der Waals surface area contributed by atoms with Gasteiger partial charge in [-0.25, -0.2) is 4.79 Å². The summed E-state index contributed by atoms with van der Waals surface area (Å²) < 4.78 is 9.50. The van der Waals surface area contributed by atoms with Crippen LogP contribution in [0.5, 0.6) is 5.75 Å². The third-order valence-corrected chi connectivity index (χ3v) is 1.90.